The van der Waals surface area contributed by atoms with Crippen molar-refractivity contribution in [3.8, 4) is 5.88 Å². The van der Waals surface area contributed by atoms with Crippen LogP contribution in [0.15, 0.2) is 41.4 Å². The van der Waals surface area contributed by atoms with Crippen LogP contribution in [0.2, 0.25) is 0 Å². The molecule has 0 atom stereocenters. The summed E-state index contributed by atoms with van der Waals surface area (Å²) < 4.78 is 37.0. The fourth-order valence-electron chi connectivity index (χ4n) is 2.71. The Morgan fingerprint density at radius 1 is 1.28 bits per heavy atom. The van der Waals surface area contributed by atoms with Crippen LogP contribution in [0.25, 0.3) is 0 Å². The summed E-state index contributed by atoms with van der Waals surface area (Å²) in [5.41, 5.74) is 0.204. The van der Waals surface area contributed by atoms with Crippen molar-refractivity contribution in [2.45, 2.75) is 4.90 Å². The Labute approximate surface area is 167 Å². The van der Waals surface area contributed by atoms with Crippen LogP contribution in [0.5, 0.6) is 5.88 Å². The highest BCUT2D eigenvalue weighted by Crippen LogP contribution is 2.31. The Morgan fingerprint density at radius 3 is 2.66 bits per heavy atom. The number of hydrogen-bond acceptors (Lipinski definition) is 9. The zero-order valence-corrected chi connectivity index (χ0v) is 16.2. The average molecular weight is 424 g/mol. The minimum absolute atomic E-state index is 0.102. The van der Waals surface area contributed by atoms with E-state index in [1.165, 1.54) is 22.6 Å². The van der Waals surface area contributed by atoms with E-state index in [4.69, 9.17) is 14.6 Å². The topological polar surface area (TPSA) is 144 Å². The van der Waals surface area contributed by atoms with Crippen LogP contribution < -0.4 is 10.1 Å². The number of benzene rings is 1. The Morgan fingerprint density at radius 2 is 2.03 bits per heavy atom. The average Bonchev–Trinajstić information content (AvgIpc) is 2.74. The maximum atomic E-state index is 12.7. The fraction of sp³-hybridized carbons (Fsp3) is 0.353. The second-order valence-corrected chi connectivity index (χ2v) is 7.97. The monoisotopic (exact) mass is 424 g/mol. The molecule has 2 heterocycles. The molecule has 0 bridgehead atoms. The van der Waals surface area contributed by atoms with Crippen molar-refractivity contribution in [3.63, 3.8) is 0 Å². The third-order valence-corrected chi connectivity index (χ3v) is 6.02. The molecule has 29 heavy (non-hydrogen) atoms. The first-order valence-electron chi connectivity index (χ1n) is 8.75. The van der Waals surface area contributed by atoms with Crippen molar-refractivity contribution >= 4 is 27.1 Å². The van der Waals surface area contributed by atoms with Crippen LogP contribution in [0.1, 0.15) is 0 Å². The highest BCUT2D eigenvalue weighted by molar-refractivity contribution is 7.89. The van der Waals surface area contributed by atoms with Crippen molar-refractivity contribution in [2.75, 3.05) is 44.8 Å². The van der Waals surface area contributed by atoms with E-state index in [-0.39, 0.29) is 55.8 Å². The van der Waals surface area contributed by atoms with Gasteiger partial charge < -0.3 is 19.9 Å². The van der Waals surface area contributed by atoms with Gasteiger partial charge in [0.2, 0.25) is 15.9 Å². The van der Waals surface area contributed by atoms with Gasteiger partial charge >= 0.3 is 0 Å². The number of ether oxygens (including phenoxy) is 2. The number of pyridine rings is 1. The molecule has 1 aliphatic heterocycles. The van der Waals surface area contributed by atoms with E-state index in [9.17, 15) is 18.5 Å². The summed E-state index contributed by atoms with van der Waals surface area (Å²) in [5.74, 6) is 0.297. The summed E-state index contributed by atoms with van der Waals surface area (Å²) in [6.45, 7) is 0.925. The quantitative estimate of drug-likeness (QED) is 0.470. The lowest BCUT2D eigenvalue weighted by molar-refractivity contribution is -0.384. The predicted octanol–water partition coefficient (Wildman–Crippen LogP) is 1.13. The molecule has 1 saturated heterocycles. The molecule has 1 aromatic carbocycles. The molecule has 156 valence electrons. The number of sulfonamides is 1. The van der Waals surface area contributed by atoms with E-state index in [2.05, 4.69) is 10.3 Å². The maximum absolute atomic E-state index is 12.7. The Hall–Kier alpha value is -2.80. The number of anilines is 2. The van der Waals surface area contributed by atoms with Crippen LogP contribution in [0, 0.1) is 10.1 Å². The molecular formula is C17H20N4O7S. The van der Waals surface area contributed by atoms with E-state index in [1.54, 1.807) is 12.1 Å². The summed E-state index contributed by atoms with van der Waals surface area (Å²) in [5, 5.41) is 23.1. The van der Waals surface area contributed by atoms with E-state index >= 15 is 0 Å². The third kappa shape index (κ3) is 4.98. The zero-order chi connectivity index (χ0) is 20.9. The summed E-state index contributed by atoms with van der Waals surface area (Å²) in [6, 6.07) is 6.86. The highest BCUT2D eigenvalue weighted by Gasteiger charge is 2.28. The number of aromatic nitrogens is 1. The van der Waals surface area contributed by atoms with E-state index < -0.39 is 14.9 Å². The molecule has 11 nitrogen and oxygen atoms in total. The Balaban J connectivity index is 1.84. The van der Waals surface area contributed by atoms with Gasteiger partial charge in [0.15, 0.2) is 0 Å². The predicted molar refractivity (Wildman–Crippen MR) is 103 cm³/mol. The molecule has 2 aromatic rings. The number of rotatable bonds is 8. The van der Waals surface area contributed by atoms with Crippen molar-refractivity contribution in [1.82, 2.24) is 9.29 Å². The van der Waals surface area contributed by atoms with Crippen LogP contribution in [-0.4, -0.2) is 67.3 Å². The SMILES string of the molecule is O=[N+]([O-])c1cc(S(=O)(=O)N2CCOCC2)ccc1Nc1ccc(OCCO)nc1. The van der Waals surface area contributed by atoms with Gasteiger partial charge in [-0.15, -0.1) is 0 Å². The zero-order valence-electron chi connectivity index (χ0n) is 15.4. The fourth-order valence-corrected chi connectivity index (χ4v) is 4.14. The van der Waals surface area contributed by atoms with Crippen LogP contribution in [0.3, 0.4) is 0 Å². The van der Waals surface area contributed by atoms with Gasteiger partial charge in [-0.3, -0.25) is 10.1 Å². The van der Waals surface area contributed by atoms with E-state index in [0.717, 1.165) is 6.07 Å². The van der Waals surface area contributed by atoms with E-state index in [1.807, 2.05) is 0 Å². The summed E-state index contributed by atoms with van der Waals surface area (Å²) in [7, 11) is -3.85. The number of nitrogens with zero attached hydrogens (tertiary/aromatic N) is 3. The lowest BCUT2D eigenvalue weighted by Gasteiger charge is -2.26. The molecule has 1 aliphatic rings. The van der Waals surface area contributed by atoms with Gasteiger partial charge in [-0.05, 0) is 18.2 Å². The third-order valence-electron chi connectivity index (χ3n) is 4.13. The molecule has 0 amide bonds. The Kier molecular flexibility index (Phi) is 6.59. The number of aliphatic hydroxyl groups excluding tert-OH is 1. The van der Waals surface area contributed by atoms with Gasteiger partial charge in [0, 0.05) is 25.2 Å². The normalized spacial score (nSPS) is 15.1. The molecule has 0 radical (unpaired) electrons. The van der Waals surface area contributed by atoms with Crippen LogP contribution in [0.4, 0.5) is 17.1 Å². The van der Waals surface area contributed by atoms with Crippen molar-refractivity contribution in [1.29, 1.82) is 0 Å². The number of nitro benzene ring substituents is 1. The molecule has 3 rings (SSSR count). The molecule has 0 spiro atoms. The van der Waals surface area contributed by atoms with Gasteiger partial charge in [-0.25, -0.2) is 13.4 Å². The lowest BCUT2D eigenvalue weighted by Crippen LogP contribution is -2.40. The minimum Gasteiger partial charge on any atom is -0.475 e. The number of nitrogens with one attached hydrogen (secondary N) is 1. The standard InChI is InChI=1S/C17H20N4O7S/c22-7-10-28-17-4-1-13(12-18-17)19-15-3-2-14(11-16(15)21(23)24)29(25,26)20-5-8-27-9-6-20/h1-4,11-12,19,22H,5-10H2. The molecule has 0 aliphatic carbocycles. The number of aliphatic hydroxyl groups is 1. The van der Waals surface area contributed by atoms with Crippen LogP contribution in [-0.2, 0) is 14.8 Å². The maximum Gasteiger partial charge on any atom is 0.294 e. The summed E-state index contributed by atoms with van der Waals surface area (Å²) in [6.07, 6.45) is 1.41. The molecule has 0 saturated carbocycles. The molecule has 2 N–H and O–H groups in total. The molecule has 0 unspecified atom stereocenters. The summed E-state index contributed by atoms with van der Waals surface area (Å²) in [4.78, 5) is 14.7. The summed E-state index contributed by atoms with van der Waals surface area (Å²) >= 11 is 0. The first-order valence-corrected chi connectivity index (χ1v) is 10.2. The lowest BCUT2D eigenvalue weighted by atomic mass is 10.2. The minimum atomic E-state index is -3.85. The van der Waals surface area contributed by atoms with E-state index in [0.29, 0.717) is 11.6 Å². The number of morpholine rings is 1. The number of hydrogen-bond donors (Lipinski definition) is 2. The molecule has 12 heteroatoms. The van der Waals surface area contributed by atoms with Gasteiger partial charge in [-0.2, -0.15) is 4.31 Å². The van der Waals surface area contributed by atoms with Crippen molar-refractivity contribution in [2.24, 2.45) is 0 Å². The molecule has 1 fully saturated rings. The van der Waals surface area contributed by atoms with Gasteiger partial charge in [-0.1, -0.05) is 0 Å². The Bertz CT molecular complexity index is 960. The molecule has 1 aromatic heterocycles. The van der Waals surface area contributed by atoms with Gasteiger partial charge in [0.25, 0.3) is 5.69 Å². The van der Waals surface area contributed by atoms with Crippen LogP contribution >= 0.6 is 0 Å². The second kappa shape index (κ2) is 9.13. The first kappa shape index (κ1) is 20.9. The largest absolute Gasteiger partial charge is 0.475 e. The van der Waals surface area contributed by atoms with Gasteiger partial charge in [0.1, 0.15) is 12.3 Å². The van der Waals surface area contributed by atoms with Crippen molar-refractivity contribution < 1.29 is 27.9 Å². The molecular weight excluding hydrogens is 404 g/mol. The second-order valence-electron chi connectivity index (χ2n) is 6.03. The first-order chi connectivity index (χ1) is 13.9. The number of nitro groups is 1. The van der Waals surface area contributed by atoms with Crippen molar-refractivity contribution in [3.05, 3.63) is 46.6 Å². The smallest absolute Gasteiger partial charge is 0.294 e. The van der Waals surface area contributed by atoms with Gasteiger partial charge in [0.05, 0.1) is 41.5 Å². The highest BCUT2D eigenvalue weighted by atomic mass is 32.2.